The van der Waals surface area contributed by atoms with Crippen molar-refractivity contribution in [3.8, 4) is 5.69 Å². The van der Waals surface area contributed by atoms with E-state index in [2.05, 4.69) is 9.82 Å². The van der Waals surface area contributed by atoms with Gasteiger partial charge in [-0.1, -0.05) is 11.6 Å². The van der Waals surface area contributed by atoms with Crippen LogP contribution >= 0.6 is 11.6 Å². The van der Waals surface area contributed by atoms with E-state index in [0.717, 1.165) is 30.3 Å². The third kappa shape index (κ3) is 4.06. The predicted molar refractivity (Wildman–Crippen MR) is 90.8 cm³/mol. The van der Waals surface area contributed by atoms with Gasteiger partial charge >= 0.3 is 6.18 Å². The number of sulfonamides is 1. The molecule has 0 unspecified atom stereocenters. The lowest BCUT2D eigenvalue weighted by molar-refractivity contribution is -0.137. The predicted octanol–water partition coefficient (Wildman–Crippen LogP) is 4.48. The molecule has 1 heterocycles. The van der Waals surface area contributed by atoms with Crippen LogP contribution in [0.25, 0.3) is 5.69 Å². The van der Waals surface area contributed by atoms with E-state index in [4.69, 9.17) is 11.6 Å². The molecule has 0 atom stereocenters. The molecule has 1 aromatic heterocycles. The number of anilines is 1. The molecule has 11 heteroatoms. The molecule has 1 N–H and O–H groups in total. The van der Waals surface area contributed by atoms with Crippen molar-refractivity contribution < 1.29 is 26.0 Å². The van der Waals surface area contributed by atoms with Gasteiger partial charge in [-0.05, 0) is 42.5 Å². The third-order valence-electron chi connectivity index (χ3n) is 3.52. The van der Waals surface area contributed by atoms with Crippen molar-refractivity contribution >= 4 is 27.3 Å². The van der Waals surface area contributed by atoms with Crippen molar-refractivity contribution in [2.24, 2.45) is 0 Å². The maximum absolute atomic E-state index is 13.3. The van der Waals surface area contributed by atoms with Gasteiger partial charge in [-0.3, -0.25) is 4.72 Å². The minimum Gasteiger partial charge on any atom is -0.277 e. The summed E-state index contributed by atoms with van der Waals surface area (Å²) in [5.41, 5.74) is -1.33. The topological polar surface area (TPSA) is 64.0 Å². The molecule has 0 saturated carbocycles. The number of hydrogen-bond acceptors (Lipinski definition) is 3. The van der Waals surface area contributed by atoms with Gasteiger partial charge < -0.3 is 0 Å². The summed E-state index contributed by atoms with van der Waals surface area (Å²) < 4.78 is 80.7. The van der Waals surface area contributed by atoms with Gasteiger partial charge in [-0.15, -0.1) is 0 Å². The molecule has 0 aliphatic heterocycles. The van der Waals surface area contributed by atoms with E-state index in [1.165, 1.54) is 23.1 Å². The Hall–Kier alpha value is -2.59. The second kappa shape index (κ2) is 6.86. The molecule has 0 bridgehead atoms. The summed E-state index contributed by atoms with van der Waals surface area (Å²) in [6.07, 6.45) is -1.85. The van der Waals surface area contributed by atoms with Crippen LogP contribution in [-0.2, 0) is 16.2 Å². The Morgan fingerprint density at radius 2 is 1.85 bits per heavy atom. The quantitative estimate of drug-likeness (QED) is 0.634. The first-order chi connectivity index (χ1) is 12.6. The van der Waals surface area contributed by atoms with Crippen molar-refractivity contribution in [3.05, 3.63) is 71.3 Å². The maximum Gasteiger partial charge on any atom is 0.416 e. The highest BCUT2D eigenvalue weighted by Crippen LogP contribution is 2.34. The van der Waals surface area contributed by atoms with Gasteiger partial charge in [0.05, 0.1) is 26.9 Å². The van der Waals surface area contributed by atoms with Crippen molar-refractivity contribution in [2.75, 3.05) is 4.72 Å². The van der Waals surface area contributed by atoms with E-state index in [1.807, 2.05) is 0 Å². The molecule has 3 aromatic rings. The first kappa shape index (κ1) is 19.2. The van der Waals surface area contributed by atoms with Crippen LogP contribution in [0.5, 0.6) is 0 Å². The molecule has 0 spiro atoms. The SMILES string of the molecule is O=S(=O)(Nc1cc(C(F)(F)F)ccc1-n1cccn1)c1ccc(F)c(Cl)c1. The summed E-state index contributed by atoms with van der Waals surface area (Å²) in [5.74, 6) is -0.827. The van der Waals surface area contributed by atoms with E-state index in [-0.39, 0.29) is 11.4 Å². The van der Waals surface area contributed by atoms with Crippen LogP contribution in [0.15, 0.2) is 59.8 Å². The molecule has 0 radical (unpaired) electrons. The number of hydrogen-bond donors (Lipinski definition) is 1. The Morgan fingerprint density at radius 3 is 2.44 bits per heavy atom. The van der Waals surface area contributed by atoms with Crippen LogP contribution in [0.1, 0.15) is 5.56 Å². The van der Waals surface area contributed by atoms with Gasteiger partial charge in [0.15, 0.2) is 0 Å². The zero-order valence-electron chi connectivity index (χ0n) is 13.2. The summed E-state index contributed by atoms with van der Waals surface area (Å²) in [6.45, 7) is 0. The Bertz CT molecular complexity index is 1080. The monoisotopic (exact) mass is 419 g/mol. The number of rotatable bonds is 4. The van der Waals surface area contributed by atoms with E-state index in [1.54, 1.807) is 0 Å². The Labute approximate surface area is 156 Å². The normalized spacial score (nSPS) is 12.2. The number of aromatic nitrogens is 2. The Morgan fingerprint density at radius 1 is 1.11 bits per heavy atom. The summed E-state index contributed by atoms with van der Waals surface area (Å²) in [5, 5.41) is 3.46. The van der Waals surface area contributed by atoms with E-state index in [0.29, 0.717) is 6.07 Å². The third-order valence-corrected chi connectivity index (χ3v) is 5.17. The summed E-state index contributed by atoms with van der Waals surface area (Å²) in [6, 6.07) is 6.73. The lowest BCUT2D eigenvalue weighted by Gasteiger charge is -2.16. The van der Waals surface area contributed by atoms with Gasteiger partial charge in [0.1, 0.15) is 5.82 Å². The molecular weight excluding hydrogens is 410 g/mol. The summed E-state index contributed by atoms with van der Waals surface area (Å²) in [4.78, 5) is -0.405. The maximum atomic E-state index is 13.3. The average Bonchev–Trinajstić information content (AvgIpc) is 3.10. The zero-order valence-corrected chi connectivity index (χ0v) is 14.8. The van der Waals surface area contributed by atoms with E-state index in [9.17, 15) is 26.0 Å². The summed E-state index contributed by atoms with van der Waals surface area (Å²) in [7, 11) is -4.34. The number of halogens is 5. The number of nitrogens with one attached hydrogen (secondary N) is 1. The zero-order chi connectivity index (χ0) is 19.8. The fourth-order valence-electron chi connectivity index (χ4n) is 2.25. The fraction of sp³-hybridized carbons (Fsp3) is 0.0625. The molecule has 3 rings (SSSR count). The average molecular weight is 420 g/mol. The Balaban J connectivity index is 2.09. The molecule has 0 saturated heterocycles. The minimum absolute atomic E-state index is 0.0739. The summed E-state index contributed by atoms with van der Waals surface area (Å²) >= 11 is 5.59. The first-order valence-corrected chi connectivity index (χ1v) is 9.13. The van der Waals surface area contributed by atoms with Gasteiger partial charge in [0.2, 0.25) is 0 Å². The number of nitrogens with zero attached hydrogens (tertiary/aromatic N) is 2. The molecule has 0 aliphatic rings. The van der Waals surface area contributed by atoms with Crippen molar-refractivity contribution in [1.29, 1.82) is 0 Å². The molecule has 0 amide bonds. The van der Waals surface area contributed by atoms with Crippen molar-refractivity contribution in [1.82, 2.24) is 9.78 Å². The minimum atomic E-state index is -4.68. The lowest BCUT2D eigenvalue weighted by Crippen LogP contribution is -2.16. The van der Waals surface area contributed by atoms with Crippen molar-refractivity contribution in [3.63, 3.8) is 0 Å². The number of benzene rings is 2. The highest BCUT2D eigenvalue weighted by molar-refractivity contribution is 7.92. The van der Waals surface area contributed by atoms with Gasteiger partial charge in [-0.25, -0.2) is 17.5 Å². The first-order valence-electron chi connectivity index (χ1n) is 7.27. The smallest absolute Gasteiger partial charge is 0.277 e. The molecule has 5 nitrogen and oxygen atoms in total. The molecular formula is C16H10ClF4N3O2S. The largest absolute Gasteiger partial charge is 0.416 e. The molecule has 0 fully saturated rings. The van der Waals surface area contributed by atoms with Gasteiger partial charge in [-0.2, -0.15) is 18.3 Å². The van der Waals surface area contributed by atoms with Gasteiger partial charge in [0, 0.05) is 12.4 Å². The molecule has 0 aliphatic carbocycles. The van der Waals surface area contributed by atoms with Crippen molar-refractivity contribution in [2.45, 2.75) is 11.1 Å². The second-order valence-corrected chi connectivity index (χ2v) is 7.45. The Kier molecular flexibility index (Phi) is 4.87. The number of alkyl halides is 3. The van der Waals surface area contributed by atoms with Gasteiger partial charge in [0.25, 0.3) is 10.0 Å². The van der Waals surface area contributed by atoms with Crippen LogP contribution in [0.2, 0.25) is 5.02 Å². The van der Waals surface area contributed by atoms with E-state index >= 15 is 0 Å². The van der Waals surface area contributed by atoms with E-state index < -0.39 is 37.5 Å². The van der Waals surface area contributed by atoms with Crippen LogP contribution in [0, 0.1) is 5.82 Å². The highest BCUT2D eigenvalue weighted by Gasteiger charge is 2.32. The fourth-order valence-corrected chi connectivity index (χ4v) is 3.59. The van der Waals surface area contributed by atoms with Crippen LogP contribution < -0.4 is 4.72 Å². The van der Waals surface area contributed by atoms with Crippen LogP contribution in [0.4, 0.5) is 23.2 Å². The lowest BCUT2D eigenvalue weighted by atomic mass is 10.1. The second-order valence-electron chi connectivity index (χ2n) is 5.36. The molecule has 142 valence electrons. The van der Waals surface area contributed by atoms with Crippen LogP contribution in [0.3, 0.4) is 0 Å². The molecule has 27 heavy (non-hydrogen) atoms. The van der Waals surface area contributed by atoms with Crippen LogP contribution in [-0.4, -0.2) is 18.2 Å². The molecule has 2 aromatic carbocycles. The highest BCUT2D eigenvalue weighted by atomic mass is 35.5. The standard InChI is InChI=1S/C16H10ClF4N3O2S/c17-12-9-11(3-4-13(12)18)27(25,26)23-14-8-10(16(19,20)21)2-5-15(14)24-7-1-6-22-24/h1-9,23H.